The zero-order valence-corrected chi connectivity index (χ0v) is 21.5. The Balaban J connectivity index is 1.58. The van der Waals surface area contributed by atoms with Gasteiger partial charge in [0.2, 0.25) is 0 Å². The Hall–Kier alpha value is -3.87. The molecule has 10 nitrogen and oxygen atoms in total. The summed E-state index contributed by atoms with van der Waals surface area (Å²) in [6.45, 7) is 1.92. The average molecular weight is 560 g/mol. The molecule has 0 unspecified atom stereocenters. The van der Waals surface area contributed by atoms with Crippen molar-refractivity contribution in [3.05, 3.63) is 92.3 Å². The highest BCUT2D eigenvalue weighted by molar-refractivity contribution is 8.18. The summed E-state index contributed by atoms with van der Waals surface area (Å²) in [5.41, 5.74) is 0.787. The van der Waals surface area contributed by atoms with Crippen molar-refractivity contribution in [3.63, 3.8) is 0 Å². The third-order valence-electron chi connectivity index (χ3n) is 4.79. The van der Waals surface area contributed by atoms with Crippen LogP contribution in [0.3, 0.4) is 0 Å². The quantitative estimate of drug-likeness (QED) is 0.170. The zero-order chi connectivity index (χ0) is 26.6. The predicted octanol–water partition coefficient (Wildman–Crippen LogP) is 5.31. The molecule has 1 fully saturated rings. The van der Waals surface area contributed by atoms with Gasteiger partial charge in [-0.05, 0) is 72.8 Å². The second kappa shape index (κ2) is 11.0. The maximum absolute atomic E-state index is 12.8. The molecule has 1 aliphatic heterocycles. The van der Waals surface area contributed by atoms with Crippen molar-refractivity contribution in [2.24, 2.45) is 4.99 Å². The number of carbonyl (C=O) groups excluding carboxylic acids is 1. The molecule has 0 radical (unpaired) electrons. The minimum absolute atomic E-state index is 0.107. The molecule has 4 rings (SSSR count). The largest absolute Gasteiger partial charge is 0.490 e. The van der Waals surface area contributed by atoms with E-state index in [4.69, 9.17) is 20.5 Å². The Morgan fingerprint density at radius 1 is 1.11 bits per heavy atom. The third kappa shape index (κ3) is 6.47. The number of nitrogens with one attached hydrogen (secondary N) is 1. The van der Waals surface area contributed by atoms with Gasteiger partial charge in [0.15, 0.2) is 16.7 Å². The molecule has 3 aromatic carbocycles. The van der Waals surface area contributed by atoms with Crippen LogP contribution in [0.4, 0.5) is 11.4 Å². The van der Waals surface area contributed by atoms with Crippen molar-refractivity contribution in [2.75, 3.05) is 6.61 Å². The van der Waals surface area contributed by atoms with Crippen molar-refractivity contribution in [2.45, 2.75) is 11.8 Å². The molecular formula is C24H18ClN3O7S2. The van der Waals surface area contributed by atoms with E-state index >= 15 is 0 Å². The number of amidine groups is 1. The molecule has 0 spiro atoms. The normalized spacial score (nSPS) is 15.6. The van der Waals surface area contributed by atoms with Gasteiger partial charge in [0.1, 0.15) is 4.90 Å². The van der Waals surface area contributed by atoms with E-state index in [0.717, 1.165) is 17.8 Å². The summed E-state index contributed by atoms with van der Waals surface area (Å²) in [7, 11) is -4.39. The van der Waals surface area contributed by atoms with Crippen molar-refractivity contribution >= 4 is 62.0 Å². The zero-order valence-electron chi connectivity index (χ0n) is 19.1. The summed E-state index contributed by atoms with van der Waals surface area (Å²) in [4.78, 5) is 27.1. The van der Waals surface area contributed by atoms with E-state index in [1.165, 1.54) is 30.3 Å². The smallest absolute Gasteiger partial charge is 0.339 e. The second-order valence-electron chi connectivity index (χ2n) is 7.39. The van der Waals surface area contributed by atoms with E-state index in [9.17, 15) is 23.3 Å². The van der Waals surface area contributed by atoms with Crippen LogP contribution in [-0.4, -0.2) is 31.0 Å². The monoisotopic (exact) mass is 559 g/mol. The lowest BCUT2D eigenvalue weighted by Gasteiger charge is -2.12. The summed E-state index contributed by atoms with van der Waals surface area (Å²) in [6, 6.07) is 15.8. The van der Waals surface area contributed by atoms with Gasteiger partial charge in [-0.3, -0.25) is 14.9 Å². The number of hydrogen-bond donors (Lipinski definition) is 1. The number of nitro groups is 1. The highest BCUT2D eigenvalue weighted by Crippen LogP contribution is 2.34. The van der Waals surface area contributed by atoms with Crippen molar-refractivity contribution in [1.82, 2.24) is 5.32 Å². The number of rotatable bonds is 8. The van der Waals surface area contributed by atoms with Crippen LogP contribution in [0, 0.1) is 10.1 Å². The van der Waals surface area contributed by atoms with Crippen molar-refractivity contribution in [3.8, 4) is 11.5 Å². The predicted molar refractivity (Wildman–Crippen MR) is 141 cm³/mol. The van der Waals surface area contributed by atoms with Gasteiger partial charge in [0, 0.05) is 17.2 Å². The molecule has 190 valence electrons. The van der Waals surface area contributed by atoms with Crippen LogP contribution in [0.15, 0.2) is 81.5 Å². The Labute approximate surface area is 221 Å². The molecule has 37 heavy (non-hydrogen) atoms. The molecular weight excluding hydrogens is 542 g/mol. The summed E-state index contributed by atoms with van der Waals surface area (Å²) in [5, 5.41) is 14.7. The fourth-order valence-corrected chi connectivity index (χ4v) is 5.08. The van der Waals surface area contributed by atoms with E-state index < -0.39 is 15.0 Å². The number of ether oxygens (including phenoxy) is 1. The lowest BCUT2D eigenvalue weighted by Crippen LogP contribution is -2.19. The number of halogens is 1. The maximum Gasteiger partial charge on any atom is 0.339 e. The number of benzene rings is 3. The Kier molecular flexibility index (Phi) is 7.81. The van der Waals surface area contributed by atoms with Gasteiger partial charge in [-0.15, -0.1) is 0 Å². The number of nitrogens with zero attached hydrogens (tertiary/aromatic N) is 2. The average Bonchev–Trinajstić information content (AvgIpc) is 3.20. The molecule has 0 saturated carbocycles. The summed E-state index contributed by atoms with van der Waals surface area (Å²) in [6.07, 6.45) is 1.60. The second-order valence-corrected chi connectivity index (χ2v) is 10.4. The van der Waals surface area contributed by atoms with Crippen LogP contribution in [-0.2, 0) is 14.9 Å². The van der Waals surface area contributed by atoms with Gasteiger partial charge < -0.3 is 14.2 Å². The number of aliphatic imine (C=N–C) groups is 1. The molecule has 1 saturated heterocycles. The van der Waals surface area contributed by atoms with Crippen LogP contribution in [0.25, 0.3) is 6.08 Å². The van der Waals surface area contributed by atoms with Crippen LogP contribution < -0.4 is 14.2 Å². The van der Waals surface area contributed by atoms with Gasteiger partial charge in [-0.2, -0.15) is 8.42 Å². The molecule has 1 N–H and O–H groups in total. The minimum Gasteiger partial charge on any atom is -0.490 e. The molecule has 1 aliphatic rings. The lowest BCUT2D eigenvalue weighted by molar-refractivity contribution is -0.385. The Morgan fingerprint density at radius 2 is 1.86 bits per heavy atom. The van der Waals surface area contributed by atoms with Gasteiger partial charge in [-0.1, -0.05) is 23.7 Å². The number of carbonyl (C=O) groups is 1. The maximum atomic E-state index is 12.8. The van der Waals surface area contributed by atoms with Crippen LogP contribution >= 0.6 is 23.4 Å². The molecule has 0 aliphatic carbocycles. The third-order valence-corrected chi connectivity index (χ3v) is 7.18. The molecule has 0 aromatic heterocycles. The van der Waals surface area contributed by atoms with Crippen LogP contribution in [0.1, 0.15) is 12.5 Å². The Morgan fingerprint density at radius 3 is 2.57 bits per heavy atom. The van der Waals surface area contributed by atoms with Crippen molar-refractivity contribution in [1.29, 1.82) is 0 Å². The van der Waals surface area contributed by atoms with Gasteiger partial charge in [0.25, 0.3) is 11.6 Å². The lowest BCUT2D eigenvalue weighted by atomic mass is 10.2. The first kappa shape index (κ1) is 26.2. The van der Waals surface area contributed by atoms with E-state index in [2.05, 4.69) is 10.3 Å². The summed E-state index contributed by atoms with van der Waals surface area (Å²) < 4.78 is 36.3. The summed E-state index contributed by atoms with van der Waals surface area (Å²) >= 11 is 7.03. The first-order chi connectivity index (χ1) is 17.6. The highest BCUT2D eigenvalue weighted by atomic mass is 35.5. The van der Waals surface area contributed by atoms with Crippen molar-refractivity contribution < 1.29 is 27.1 Å². The standard InChI is InChI=1S/C24H18ClN3O7S2/c1-2-34-21-12-15(13-22-23(29)27-24(36-22)26-17-9-7-16(25)8-10-17)6-11-20(21)35-37(32,33)19-5-3-4-18(14-19)28(30)31/h3-14H,2H2,1H3,(H,26,27,29)/b22-13-. The Bertz CT molecular complexity index is 1540. The molecule has 1 heterocycles. The van der Waals surface area contributed by atoms with Crippen LogP contribution in [0.5, 0.6) is 11.5 Å². The fourth-order valence-electron chi connectivity index (χ4n) is 3.14. The van der Waals surface area contributed by atoms with E-state index in [-0.39, 0.29) is 34.6 Å². The molecule has 1 amide bonds. The SMILES string of the molecule is CCOc1cc(/C=C2\SC(=Nc3ccc(Cl)cc3)NC2=O)ccc1OS(=O)(=O)c1cccc([N+](=O)[O-])c1. The van der Waals surface area contributed by atoms with E-state index in [0.29, 0.717) is 26.3 Å². The molecule has 0 bridgehead atoms. The highest BCUT2D eigenvalue weighted by Gasteiger charge is 2.25. The number of amides is 1. The summed E-state index contributed by atoms with van der Waals surface area (Å²) in [5.74, 6) is -0.336. The molecule has 3 aromatic rings. The van der Waals surface area contributed by atoms with Gasteiger partial charge >= 0.3 is 10.1 Å². The number of nitro benzene ring substituents is 1. The van der Waals surface area contributed by atoms with E-state index in [1.807, 2.05) is 0 Å². The van der Waals surface area contributed by atoms with Gasteiger partial charge in [-0.25, -0.2) is 4.99 Å². The van der Waals surface area contributed by atoms with Crippen LogP contribution in [0.2, 0.25) is 5.02 Å². The molecule has 13 heteroatoms. The first-order valence-electron chi connectivity index (χ1n) is 10.7. The number of non-ortho nitro benzene ring substituents is 1. The number of hydrogen-bond acceptors (Lipinski definition) is 9. The molecule has 0 atom stereocenters. The fraction of sp³-hybridized carbons (Fsp3) is 0.0833. The number of thioether (sulfide) groups is 1. The first-order valence-corrected chi connectivity index (χ1v) is 13.3. The topological polar surface area (TPSA) is 137 Å². The van der Waals surface area contributed by atoms with E-state index in [1.54, 1.807) is 43.3 Å². The minimum atomic E-state index is -4.39. The van der Waals surface area contributed by atoms with Gasteiger partial charge in [0.05, 0.1) is 22.1 Å².